The van der Waals surface area contributed by atoms with E-state index in [9.17, 15) is 9.90 Å². The quantitative estimate of drug-likeness (QED) is 0.867. The Kier molecular flexibility index (Phi) is 3.65. The number of anilines is 2. The SMILES string of the molecule is Cc1ccc(N(C(=O)O)c2cccc3c2CCCC3)cc1. The number of fused-ring (bicyclic) bond motifs is 1. The Labute approximate surface area is 124 Å². The van der Waals surface area contributed by atoms with E-state index in [2.05, 4.69) is 6.07 Å². The standard InChI is InChI=1S/C18H19NO2/c1-13-9-11-15(12-10-13)19(18(20)21)17-8-4-6-14-5-2-3-7-16(14)17/h4,6,8-12H,2-3,5,7H2,1H3,(H,20,21). The number of hydrogen-bond donors (Lipinski definition) is 1. The number of nitrogens with zero attached hydrogens (tertiary/aromatic N) is 1. The fourth-order valence-electron chi connectivity index (χ4n) is 3.02. The smallest absolute Gasteiger partial charge is 0.416 e. The van der Waals surface area contributed by atoms with Crippen molar-refractivity contribution in [2.24, 2.45) is 0 Å². The highest BCUT2D eigenvalue weighted by molar-refractivity contribution is 5.96. The lowest BCUT2D eigenvalue weighted by Gasteiger charge is -2.26. The van der Waals surface area contributed by atoms with Crippen molar-refractivity contribution in [3.63, 3.8) is 0 Å². The normalized spacial score (nSPS) is 13.6. The third-order valence-corrected chi connectivity index (χ3v) is 4.10. The highest BCUT2D eigenvalue weighted by Crippen LogP contribution is 2.34. The van der Waals surface area contributed by atoms with E-state index in [0.29, 0.717) is 5.69 Å². The van der Waals surface area contributed by atoms with Crippen molar-refractivity contribution in [1.82, 2.24) is 0 Å². The minimum atomic E-state index is -0.933. The molecular formula is C18H19NO2. The van der Waals surface area contributed by atoms with Gasteiger partial charge in [-0.05, 0) is 61.9 Å². The Morgan fingerprint density at radius 1 is 1.05 bits per heavy atom. The molecule has 108 valence electrons. The van der Waals surface area contributed by atoms with Gasteiger partial charge in [-0.2, -0.15) is 0 Å². The topological polar surface area (TPSA) is 40.5 Å². The number of rotatable bonds is 2. The van der Waals surface area contributed by atoms with Crippen molar-refractivity contribution >= 4 is 17.5 Å². The van der Waals surface area contributed by atoms with Gasteiger partial charge < -0.3 is 5.11 Å². The number of carbonyl (C=O) groups is 1. The number of carboxylic acid groups (broad SMARTS) is 1. The minimum Gasteiger partial charge on any atom is -0.464 e. The lowest BCUT2D eigenvalue weighted by molar-refractivity contribution is 0.204. The Hall–Kier alpha value is -2.29. The average molecular weight is 281 g/mol. The van der Waals surface area contributed by atoms with Gasteiger partial charge in [0.2, 0.25) is 0 Å². The van der Waals surface area contributed by atoms with Gasteiger partial charge in [0.25, 0.3) is 0 Å². The van der Waals surface area contributed by atoms with E-state index in [1.54, 1.807) is 0 Å². The average Bonchev–Trinajstić information content (AvgIpc) is 2.49. The highest BCUT2D eigenvalue weighted by Gasteiger charge is 2.22. The largest absolute Gasteiger partial charge is 0.464 e. The van der Waals surface area contributed by atoms with Gasteiger partial charge in [-0.1, -0.05) is 29.8 Å². The van der Waals surface area contributed by atoms with Crippen LogP contribution in [0, 0.1) is 6.92 Å². The van der Waals surface area contributed by atoms with Crippen LogP contribution < -0.4 is 4.90 Å². The van der Waals surface area contributed by atoms with E-state index in [1.807, 2.05) is 43.3 Å². The van der Waals surface area contributed by atoms with E-state index in [1.165, 1.54) is 22.4 Å². The van der Waals surface area contributed by atoms with Crippen molar-refractivity contribution in [1.29, 1.82) is 0 Å². The third kappa shape index (κ3) is 2.64. The predicted molar refractivity (Wildman–Crippen MR) is 84.4 cm³/mol. The maximum atomic E-state index is 11.8. The van der Waals surface area contributed by atoms with Crippen molar-refractivity contribution in [2.75, 3.05) is 4.90 Å². The van der Waals surface area contributed by atoms with Crippen LogP contribution >= 0.6 is 0 Å². The summed E-state index contributed by atoms with van der Waals surface area (Å²) in [7, 11) is 0. The third-order valence-electron chi connectivity index (χ3n) is 4.10. The molecule has 3 nitrogen and oxygen atoms in total. The zero-order valence-electron chi connectivity index (χ0n) is 12.2. The van der Waals surface area contributed by atoms with Crippen molar-refractivity contribution in [3.8, 4) is 0 Å². The molecule has 1 aliphatic rings. The summed E-state index contributed by atoms with van der Waals surface area (Å²) >= 11 is 0. The molecule has 21 heavy (non-hydrogen) atoms. The lowest BCUT2D eigenvalue weighted by Crippen LogP contribution is -2.25. The van der Waals surface area contributed by atoms with Gasteiger partial charge in [-0.15, -0.1) is 0 Å². The Bertz CT molecular complexity index is 661. The van der Waals surface area contributed by atoms with Crippen molar-refractivity contribution in [2.45, 2.75) is 32.6 Å². The van der Waals surface area contributed by atoms with Crippen LogP contribution in [-0.2, 0) is 12.8 Å². The van der Waals surface area contributed by atoms with Crippen molar-refractivity contribution < 1.29 is 9.90 Å². The minimum absolute atomic E-state index is 0.701. The van der Waals surface area contributed by atoms with Gasteiger partial charge in [0.05, 0.1) is 11.4 Å². The van der Waals surface area contributed by atoms with E-state index < -0.39 is 6.09 Å². The molecule has 0 aliphatic heterocycles. The summed E-state index contributed by atoms with van der Waals surface area (Å²) < 4.78 is 0. The molecule has 2 aromatic carbocycles. The molecule has 3 rings (SSSR count). The second kappa shape index (κ2) is 5.60. The fraction of sp³-hybridized carbons (Fsp3) is 0.278. The first-order valence-electron chi connectivity index (χ1n) is 7.37. The van der Waals surface area contributed by atoms with Gasteiger partial charge in [0.15, 0.2) is 0 Å². The highest BCUT2D eigenvalue weighted by atomic mass is 16.4. The molecule has 3 heteroatoms. The summed E-state index contributed by atoms with van der Waals surface area (Å²) in [6, 6.07) is 13.6. The van der Waals surface area contributed by atoms with E-state index in [-0.39, 0.29) is 0 Å². The maximum Gasteiger partial charge on any atom is 0.416 e. The monoisotopic (exact) mass is 281 g/mol. The molecule has 0 aromatic heterocycles. The van der Waals surface area contributed by atoms with Gasteiger partial charge in [-0.25, -0.2) is 9.69 Å². The van der Waals surface area contributed by atoms with Crippen LogP contribution in [0.1, 0.15) is 29.5 Å². The summed E-state index contributed by atoms with van der Waals surface area (Å²) in [6.07, 6.45) is 3.39. The molecule has 0 saturated heterocycles. The van der Waals surface area contributed by atoms with Gasteiger partial charge in [0, 0.05) is 0 Å². The van der Waals surface area contributed by atoms with Crippen LogP contribution in [0.5, 0.6) is 0 Å². The summed E-state index contributed by atoms with van der Waals surface area (Å²) in [5, 5.41) is 9.68. The Balaban J connectivity index is 2.10. The molecule has 0 atom stereocenters. The molecule has 1 amide bonds. The van der Waals surface area contributed by atoms with Gasteiger partial charge >= 0.3 is 6.09 Å². The molecule has 0 unspecified atom stereocenters. The van der Waals surface area contributed by atoms with Crippen LogP contribution in [0.3, 0.4) is 0 Å². The molecule has 2 aromatic rings. The number of aryl methyl sites for hydroxylation is 2. The molecule has 0 spiro atoms. The lowest BCUT2D eigenvalue weighted by atomic mass is 9.90. The molecule has 1 aliphatic carbocycles. The molecule has 0 bridgehead atoms. The molecule has 1 N–H and O–H groups in total. The van der Waals surface area contributed by atoms with Crippen LogP contribution in [0.2, 0.25) is 0 Å². The summed E-state index contributed by atoms with van der Waals surface area (Å²) in [5.41, 5.74) is 5.11. The first-order chi connectivity index (χ1) is 10.2. The molecule has 0 saturated carbocycles. The predicted octanol–water partition coefficient (Wildman–Crippen LogP) is 4.69. The number of benzene rings is 2. The second-order valence-corrected chi connectivity index (χ2v) is 5.58. The molecule has 0 fully saturated rings. The van der Waals surface area contributed by atoms with E-state index in [4.69, 9.17) is 0 Å². The second-order valence-electron chi connectivity index (χ2n) is 5.58. The van der Waals surface area contributed by atoms with Crippen molar-refractivity contribution in [3.05, 3.63) is 59.2 Å². The first-order valence-corrected chi connectivity index (χ1v) is 7.37. The maximum absolute atomic E-state index is 11.8. The zero-order chi connectivity index (χ0) is 14.8. The van der Waals surface area contributed by atoms with E-state index >= 15 is 0 Å². The number of hydrogen-bond acceptors (Lipinski definition) is 1. The van der Waals surface area contributed by atoms with Crippen LogP contribution in [0.4, 0.5) is 16.2 Å². The van der Waals surface area contributed by atoms with Crippen LogP contribution in [0.25, 0.3) is 0 Å². The summed E-state index contributed by atoms with van der Waals surface area (Å²) in [6.45, 7) is 2.00. The molecule has 0 radical (unpaired) electrons. The number of amides is 1. The van der Waals surface area contributed by atoms with Gasteiger partial charge in [0.1, 0.15) is 0 Å². The zero-order valence-corrected chi connectivity index (χ0v) is 12.2. The fourth-order valence-corrected chi connectivity index (χ4v) is 3.02. The Morgan fingerprint density at radius 3 is 2.48 bits per heavy atom. The molecule has 0 heterocycles. The van der Waals surface area contributed by atoms with Crippen LogP contribution in [0.15, 0.2) is 42.5 Å². The van der Waals surface area contributed by atoms with Gasteiger partial charge in [-0.3, -0.25) is 0 Å². The Morgan fingerprint density at radius 2 is 1.76 bits per heavy atom. The summed E-state index contributed by atoms with van der Waals surface area (Å²) in [4.78, 5) is 13.2. The van der Waals surface area contributed by atoms with E-state index in [0.717, 1.165) is 30.5 Å². The molecular weight excluding hydrogens is 262 g/mol. The first kappa shape index (κ1) is 13.7. The summed E-state index contributed by atoms with van der Waals surface area (Å²) in [5.74, 6) is 0. The van der Waals surface area contributed by atoms with Crippen LogP contribution in [-0.4, -0.2) is 11.2 Å².